The van der Waals surface area contributed by atoms with Crippen LogP contribution in [0.5, 0.6) is 5.75 Å². The van der Waals surface area contributed by atoms with E-state index in [0.717, 1.165) is 5.76 Å². The molecule has 3 aliphatic heterocycles. The first-order valence-electron chi connectivity index (χ1n) is 9.29. The second-order valence-electron chi connectivity index (χ2n) is 7.79. The van der Waals surface area contributed by atoms with Crippen LogP contribution in [0.15, 0.2) is 11.3 Å². The Labute approximate surface area is 140 Å². The molecule has 0 saturated carbocycles. The minimum atomic E-state index is 0.529. The number of rotatable bonds is 0. The minimum Gasteiger partial charge on any atom is -0.461 e. The third kappa shape index (κ3) is 2.07. The zero-order valence-electron chi connectivity index (χ0n) is 15.3. The lowest BCUT2D eigenvalue weighted by atomic mass is 9.77. The van der Waals surface area contributed by atoms with E-state index in [-0.39, 0.29) is 0 Å². The lowest BCUT2D eigenvalue weighted by Crippen LogP contribution is -2.35. The molecule has 1 aromatic carbocycles. The fraction of sp³-hybridized carbons (Fsp3) is 0.619. The summed E-state index contributed by atoms with van der Waals surface area (Å²) in [6, 6.07) is 0. The van der Waals surface area contributed by atoms with Gasteiger partial charge in [-0.3, -0.25) is 0 Å². The highest BCUT2D eigenvalue weighted by atomic mass is 16.5. The Kier molecular flexibility index (Phi) is 3.48. The molecule has 0 fully saturated rings. The van der Waals surface area contributed by atoms with Gasteiger partial charge in [-0.25, -0.2) is 0 Å². The molecule has 2 unspecified atom stereocenters. The van der Waals surface area contributed by atoms with Gasteiger partial charge in [-0.1, -0.05) is 13.8 Å². The van der Waals surface area contributed by atoms with Crippen LogP contribution in [-0.4, -0.2) is 13.1 Å². The number of hydrogen-bond acceptors (Lipinski definition) is 2. The molecule has 0 bridgehead atoms. The third-order valence-corrected chi connectivity index (χ3v) is 6.67. The van der Waals surface area contributed by atoms with Gasteiger partial charge in [0, 0.05) is 29.9 Å². The van der Waals surface area contributed by atoms with Gasteiger partial charge in [0.1, 0.15) is 11.5 Å². The SMILES string of the molecule is CC1=C(C)C(C)C(C)c2c(C)c3c4c(c2O1)CCCN4CCC3. The van der Waals surface area contributed by atoms with E-state index in [1.165, 1.54) is 72.5 Å². The molecule has 23 heavy (non-hydrogen) atoms. The molecular weight excluding hydrogens is 282 g/mol. The average molecular weight is 311 g/mol. The molecule has 0 amide bonds. The highest BCUT2D eigenvalue weighted by molar-refractivity contribution is 5.73. The normalized spacial score (nSPS) is 26.4. The molecule has 0 radical (unpaired) electrons. The van der Waals surface area contributed by atoms with E-state index >= 15 is 0 Å². The summed E-state index contributed by atoms with van der Waals surface area (Å²) in [5.41, 5.74) is 9.06. The molecule has 2 heteroatoms. The maximum absolute atomic E-state index is 6.51. The molecule has 2 nitrogen and oxygen atoms in total. The molecule has 0 aromatic heterocycles. The summed E-state index contributed by atoms with van der Waals surface area (Å²) in [5.74, 6) is 3.40. The Morgan fingerprint density at radius 2 is 1.57 bits per heavy atom. The van der Waals surface area contributed by atoms with Crippen LogP contribution < -0.4 is 9.64 Å². The van der Waals surface area contributed by atoms with E-state index in [2.05, 4.69) is 39.5 Å². The van der Waals surface area contributed by atoms with Crippen molar-refractivity contribution in [2.45, 2.75) is 66.2 Å². The van der Waals surface area contributed by atoms with E-state index in [9.17, 15) is 0 Å². The number of fused-ring (bicyclic) bond motifs is 2. The van der Waals surface area contributed by atoms with Gasteiger partial charge >= 0.3 is 0 Å². The van der Waals surface area contributed by atoms with Crippen LogP contribution in [0.1, 0.15) is 68.7 Å². The van der Waals surface area contributed by atoms with Crippen molar-refractivity contribution in [2.24, 2.45) is 5.92 Å². The molecule has 1 aromatic rings. The van der Waals surface area contributed by atoms with Crippen LogP contribution in [0, 0.1) is 12.8 Å². The first kappa shape index (κ1) is 15.1. The average Bonchev–Trinajstić information content (AvgIpc) is 2.64. The Balaban J connectivity index is 2.02. The van der Waals surface area contributed by atoms with Gasteiger partial charge in [0.25, 0.3) is 0 Å². The monoisotopic (exact) mass is 311 g/mol. The maximum Gasteiger partial charge on any atom is 0.135 e. The Bertz CT molecular complexity index is 699. The maximum atomic E-state index is 6.51. The van der Waals surface area contributed by atoms with Crippen molar-refractivity contribution in [3.63, 3.8) is 0 Å². The lowest BCUT2D eigenvalue weighted by molar-refractivity contribution is 0.412. The predicted octanol–water partition coefficient (Wildman–Crippen LogP) is 5.12. The summed E-state index contributed by atoms with van der Waals surface area (Å²) in [5, 5.41) is 0. The quantitative estimate of drug-likeness (QED) is 0.659. The van der Waals surface area contributed by atoms with Crippen molar-refractivity contribution in [1.29, 1.82) is 0 Å². The highest BCUT2D eigenvalue weighted by Gasteiger charge is 2.35. The number of anilines is 1. The summed E-state index contributed by atoms with van der Waals surface area (Å²) in [7, 11) is 0. The second kappa shape index (κ2) is 5.29. The number of nitrogens with zero attached hydrogens (tertiary/aromatic N) is 1. The predicted molar refractivity (Wildman–Crippen MR) is 96.6 cm³/mol. The zero-order chi connectivity index (χ0) is 16.3. The molecule has 0 spiro atoms. The number of ether oxygens (including phenoxy) is 1. The Hall–Kier alpha value is -1.44. The van der Waals surface area contributed by atoms with Gasteiger partial charge in [-0.2, -0.15) is 0 Å². The van der Waals surface area contributed by atoms with Gasteiger partial charge < -0.3 is 9.64 Å². The summed E-state index contributed by atoms with van der Waals surface area (Å²) in [6.45, 7) is 13.9. The first-order valence-corrected chi connectivity index (χ1v) is 9.29. The van der Waals surface area contributed by atoms with Crippen LogP contribution in [0.4, 0.5) is 5.69 Å². The molecule has 3 aliphatic rings. The van der Waals surface area contributed by atoms with Gasteiger partial charge in [0.05, 0.1) is 0 Å². The third-order valence-electron chi connectivity index (χ3n) is 6.67. The van der Waals surface area contributed by atoms with Crippen LogP contribution in [0.25, 0.3) is 0 Å². The summed E-state index contributed by atoms with van der Waals surface area (Å²) < 4.78 is 6.51. The topological polar surface area (TPSA) is 12.5 Å². The van der Waals surface area contributed by atoms with E-state index in [4.69, 9.17) is 4.74 Å². The summed E-state index contributed by atoms with van der Waals surface area (Å²) in [6.07, 6.45) is 4.98. The van der Waals surface area contributed by atoms with Gasteiger partial charge in [0.15, 0.2) is 0 Å². The molecular formula is C21H29NO. The fourth-order valence-corrected chi connectivity index (χ4v) is 4.96. The zero-order valence-corrected chi connectivity index (χ0v) is 15.3. The van der Waals surface area contributed by atoms with E-state index in [1.54, 1.807) is 5.56 Å². The number of benzene rings is 1. The smallest absolute Gasteiger partial charge is 0.135 e. The largest absolute Gasteiger partial charge is 0.461 e. The fourth-order valence-electron chi connectivity index (χ4n) is 4.96. The van der Waals surface area contributed by atoms with Crippen LogP contribution in [0.2, 0.25) is 0 Å². The molecule has 0 N–H and O–H groups in total. The van der Waals surface area contributed by atoms with Gasteiger partial charge in [0.2, 0.25) is 0 Å². The highest BCUT2D eigenvalue weighted by Crippen LogP contribution is 2.50. The Morgan fingerprint density at radius 1 is 0.913 bits per heavy atom. The van der Waals surface area contributed by atoms with E-state index < -0.39 is 0 Å². The van der Waals surface area contributed by atoms with E-state index in [1.807, 2.05) is 0 Å². The number of hydrogen-bond donors (Lipinski definition) is 0. The second-order valence-corrected chi connectivity index (χ2v) is 7.79. The van der Waals surface area contributed by atoms with Crippen LogP contribution >= 0.6 is 0 Å². The Morgan fingerprint density at radius 3 is 2.26 bits per heavy atom. The van der Waals surface area contributed by atoms with Crippen LogP contribution in [-0.2, 0) is 12.8 Å². The van der Waals surface area contributed by atoms with Crippen molar-refractivity contribution in [2.75, 3.05) is 18.0 Å². The molecule has 0 aliphatic carbocycles. The van der Waals surface area contributed by atoms with Crippen molar-refractivity contribution in [1.82, 2.24) is 0 Å². The number of allylic oxidation sites excluding steroid dienone is 2. The molecule has 2 atom stereocenters. The van der Waals surface area contributed by atoms with Gasteiger partial charge in [-0.05, 0) is 75.0 Å². The molecule has 0 saturated heterocycles. The lowest BCUT2D eigenvalue weighted by Gasteiger charge is -2.40. The molecule has 124 valence electrons. The van der Waals surface area contributed by atoms with Crippen molar-refractivity contribution < 1.29 is 4.74 Å². The van der Waals surface area contributed by atoms with Crippen molar-refractivity contribution >= 4 is 5.69 Å². The summed E-state index contributed by atoms with van der Waals surface area (Å²) in [4.78, 5) is 2.62. The summed E-state index contributed by atoms with van der Waals surface area (Å²) >= 11 is 0. The van der Waals surface area contributed by atoms with Gasteiger partial charge in [-0.15, -0.1) is 0 Å². The molecule has 4 rings (SSSR count). The minimum absolute atomic E-state index is 0.529. The first-order chi connectivity index (χ1) is 11.0. The standard InChI is InChI=1S/C21H29NO/c1-12-13(2)16(5)23-21-18-9-7-11-22-10-6-8-17(20(18)22)15(4)19(21)14(12)3/h12,14H,6-11H2,1-5H3. The van der Waals surface area contributed by atoms with Crippen molar-refractivity contribution in [3.8, 4) is 5.75 Å². The molecule has 3 heterocycles. The van der Waals surface area contributed by atoms with Crippen molar-refractivity contribution in [3.05, 3.63) is 33.6 Å². The van der Waals surface area contributed by atoms with E-state index in [0.29, 0.717) is 11.8 Å². The van der Waals surface area contributed by atoms with Crippen LogP contribution in [0.3, 0.4) is 0 Å².